The summed E-state index contributed by atoms with van der Waals surface area (Å²) in [6.07, 6.45) is -6.15. The number of nitrogens with one attached hydrogen (secondary N) is 1. The minimum Gasteiger partial charge on any atom is -0.374 e. The van der Waals surface area contributed by atoms with Crippen LogP contribution in [0.25, 0.3) is 0 Å². The number of rotatable bonds is 8. The molecule has 2 aromatic rings. The summed E-state index contributed by atoms with van der Waals surface area (Å²) in [4.78, 5) is 20.9. The van der Waals surface area contributed by atoms with Crippen molar-refractivity contribution in [1.29, 1.82) is 0 Å². The summed E-state index contributed by atoms with van der Waals surface area (Å²) < 4.78 is 40.9. The van der Waals surface area contributed by atoms with E-state index in [4.69, 9.17) is 0 Å². The van der Waals surface area contributed by atoms with Crippen molar-refractivity contribution < 1.29 is 23.1 Å². The van der Waals surface area contributed by atoms with Crippen LogP contribution in [0.2, 0.25) is 0 Å². The van der Waals surface area contributed by atoms with Crippen molar-refractivity contribution in [3.63, 3.8) is 0 Å². The number of alkyl halides is 3. The van der Waals surface area contributed by atoms with Crippen LogP contribution < -0.4 is 5.32 Å². The van der Waals surface area contributed by atoms with Crippen LogP contribution in [0.1, 0.15) is 35.2 Å². The number of hydrogen-bond acceptors (Lipinski definition) is 6. The predicted octanol–water partition coefficient (Wildman–Crippen LogP) is 3.05. The molecule has 3 rings (SSSR count). The number of aryl methyl sites for hydroxylation is 1. The highest BCUT2D eigenvalue weighted by Crippen LogP contribution is 2.42. The fourth-order valence-electron chi connectivity index (χ4n) is 3.72. The monoisotopic (exact) mass is 470 g/mol. The van der Waals surface area contributed by atoms with E-state index in [1.807, 2.05) is 24.3 Å². The van der Waals surface area contributed by atoms with E-state index in [2.05, 4.69) is 27.0 Å². The van der Waals surface area contributed by atoms with Crippen molar-refractivity contribution in [2.75, 3.05) is 32.7 Å². The summed E-state index contributed by atoms with van der Waals surface area (Å²) in [5.41, 5.74) is -1.07. The molecule has 2 heterocycles. The second kappa shape index (κ2) is 10.3. The van der Waals surface area contributed by atoms with E-state index in [1.165, 1.54) is 12.3 Å². The van der Waals surface area contributed by atoms with Crippen LogP contribution in [0.5, 0.6) is 0 Å². The van der Waals surface area contributed by atoms with Gasteiger partial charge in [-0.05, 0) is 24.6 Å². The highest BCUT2D eigenvalue weighted by atomic mass is 32.1. The van der Waals surface area contributed by atoms with Crippen LogP contribution in [-0.2, 0) is 23.5 Å². The minimum atomic E-state index is -5.02. The molecule has 0 saturated carbocycles. The number of amides is 1. The molecule has 1 aliphatic heterocycles. The van der Waals surface area contributed by atoms with E-state index in [0.29, 0.717) is 23.6 Å². The topological polar surface area (TPSA) is 68.7 Å². The molecule has 0 bridgehead atoms. The predicted molar refractivity (Wildman–Crippen MR) is 117 cm³/mol. The zero-order chi connectivity index (χ0) is 23.4. The fraction of sp³-hybridized carbons (Fsp3) is 0.545. The number of carbonyl (C=O) groups is 1. The second-order valence-electron chi connectivity index (χ2n) is 8.08. The van der Waals surface area contributed by atoms with Gasteiger partial charge in [0.25, 0.3) is 0 Å². The molecule has 1 atom stereocenters. The lowest BCUT2D eigenvalue weighted by Gasteiger charge is -2.34. The number of likely N-dealkylation sites (N-methyl/N-ethyl adjacent to an activating group) is 1. The third-order valence-electron chi connectivity index (χ3n) is 5.76. The molecule has 1 amide bonds. The fourth-order valence-corrected chi connectivity index (χ4v) is 4.63. The molecule has 1 unspecified atom stereocenters. The quantitative estimate of drug-likeness (QED) is 0.621. The standard InChI is InChI=1S/C22H29F3N4O2S/c1-3-28-8-10-29(11-9-28)14-18-7-5-4-6-17(18)13-26-19(30)12-21(31,22(23,24)25)20-27-16(2)15-32-20/h4-7,15,31H,3,8-14H2,1-2H3,(H,26,30). The van der Waals surface area contributed by atoms with E-state index in [9.17, 15) is 23.1 Å². The number of thiazole rings is 1. The molecule has 1 aromatic carbocycles. The Kier molecular flexibility index (Phi) is 7.92. The second-order valence-corrected chi connectivity index (χ2v) is 8.94. The molecule has 32 heavy (non-hydrogen) atoms. The highest BCUT2D eigenvalue weighted by Gasteiger charge is 2.58. The van der Waals surface area contributed by atoms with Gasteiger partial charge in [-0.25, -0.2) is 4.98 Å². The van der Waals surface area contributed by atoms with E-state index < -0.39 is 29.1 Å². The maximum atomic E-state index is 13.6. The summed E-state index contributed by atoms with van der Waals surface area (Å²) in [6, 6.07) is 7.58. The largest absolute Gasteiger partial charge is 0.424 e. The minimum absolute atomic E-state index is 0.0920. The first kappa shape index (κ1) is 24.6. The zero-order valence-corrected chi connectivity index (χ0v) is 19.1. The molecule has 0 spiro atoms. The lowest BCUT2D eigenvalue weighted by molar-refractivity contribution is -0.267. The molecule has 2 N–H and O–H groups in total. The van der Waals surface area contributed by atoms with E-state index in [1.54, 1.807) is 0 Å². The van der Waals surface area contributed by atoms with Gasteiger partial charge in [0.1, 0.15) is 5.01 Å². The molecular formula is C22H29F3N4O2S. The van der Waals surface area contributed by atoms with Gasteiger partial charge in [-0.1, -0.05) is 31.2 Å². The number of hydrogen-bond donors (Lipinski definition) is 2. The first-order valence-corrected chi connectivity index (χ1v) is 11.5. The van der Waals surface area contributed by atoms with Crippen LogP contribution in [-0.4, -0.2) is 64.7 Å². The number of aromatic nitrogens is 1. The van der Waals surface area contributed by atoms with Crippen molar-refractivity contribution in [2.45, 2.75) is 45.1 Å². The number of aliphatic hydroxyl groups is 1. The Labute approximate surface area is 190 Å². The Hall–Kier alpha value is -2.01. The smallest absolute Gasteiger partial charge is 0.374 e. The van der Waals surface area contributed by atoms with Gasteiger partial charge in [-0.15, -0.1) is 11.3 Å². The van der Waals surface area contributed by atoms with Gasteiger partial charge in [0.05, 0.1) is 6.42 Å². The molecule has 1 saturated heterocycles. The van der Waals surface area contributed by atoms with Crippen molar-refractivity contribution in [3.8, 4) is 0 Å². The van der Waals surface area contributed by atoms with Gasteiger partial charge in [0.2, 0.25) is 11.5 Å². The molecule has 0 aliphatic carbocycles. The molecule has 10 heteroatoms. The number of benzene rings is 1. The Morgan fingerprint density at radius 1 is 1.16 bits per heavy atom. The van der Waals surface area contributed by atoms with Crippen LogP contribution >= 0.6 is 11.3 Å². The molecule has 1 fully saturated rings. The Morgan fingerprint density at radius 3 is 2.34 bits per heavy atom. The average molecular weight is 471 g/mol. The Bertz CT molecular complexity index is 913. The molecular weight excluding hydrogens is 441 g/mol. The maximum absolute atomic E-state index is 13.6. The number of nitrogens with zero attached hydrogens (tertiary/aromatic N) is 3. The number of halogens is 3. The lowest BCUT2D eigenvalue weighted by Crippen LogP contribution is -2.46. The van der Waals surface area contributed by atoms with Gasteiger partial charge < -0.3 is 15.3 Å². The van der Waals surface area contributed by atoms with Crippen LogP contribution in [0.3, 0.4) is 0 Å². The molecule has 6 nitrogen and oxygen atoms in total. The van der Waals surface area contributed by atoms with Gasteiger partial charge in [-0.3, -0.25) is 9.69 Å². The summed E-state index contributed by atoms with van der Waals surface area (Å²) in [5.74, 6) is -0.885. The van der Waals surface area contributed by atoms with Crippen molar-refractivity contribution in [1.82, 2.24) is 20.1 Å². The van der Waals surface area contributed by atoms with Crippen LogP contribution in [0, 0.1) is 6.92 Å². The van der Waals surface area contributed by atoms with Crippen LogP contribution in [0.15, 0.2) is 29.6 Å². The van der Waals surface area contributed by atoms with E-state index in [0.717, 1.165) is 43.9 Å². The SMILES string of the molecule is CCN1CCN(Cc2ccccc2CNC(=O)CC(O)(c2nc(C)cs2)C(F)(F)F)CC1. The molecule has 0 radical (unpaired) electrons. The van der Waals surface area contributed by atoms with Gasteiger partial charge in [0, 0.05) is 50.3 Å². The normalized spacial score (nSPS) is 17.8. The molecule has 1 aromatic heterocycles. The Balaban J connectivity index is 1.63. The third kappa shape index (κ3) is 5.86. The summed E-state index contributed by atoms with van der Waals surface area (Å²) in [6.45, 7) is 9.41. The van der Waals surface area contributed by atoms with Crippen LogP contribution in [0.4, 0.5) is 13.2 Å². The average Bonchev–Trinajstić information content (AvgIpc) is 3.19. The van der Waals surface area contributed by atoms with E-state index in [-0.39, 0.29) is 6.54 Å². The van der Waals surface area contributed by atoms with Crippen molar-refractivity contribution >= 4 is 17.2 Å². The van der Waals surface area contributed by atoms with Gasteiger partial charge >= 0.3 is 6.18 Å². The first-order valence-electron chi connectivity index (χ1n) is 10.6. The van der Waals surface area contributed by atoms with E-state index >= 15 is 0 Å². The van der Waals surface area contributed by atoms with Gasteiger partial charge in [-0.2, -0.15) is 13.2 Å². The summed E-state index contributed by atoms with van der Waals surface area (Å²) >= 11 is 0.693. The van der Waals surface area contributed by atoms with Crippen molar-refractivity contribution in [3.05, 3.63) is 51.5 Å². The summed E-state index contributed by atoms with van der Waals surface area (Å²) in [7, 11) is 0. The number of carbonyl (C=O) groups excluding carboxylic acids is 1. The third-order valence-corrected chi connectivity index (χ3v) is 6.87. The Morgan fingerprint density at radius 2 is 1.78 bits per heavy atom. The zero-order valence-electron chi connectivity index (χ0n) is 18.3. The maximum Gasteiger partial charge on any atom is 0.424 e. The first-order chi connectivity index (χ1) is 15.1. The molecule has 1 aliphatic rings. The lowest BCUT2D eigenvalue weighted by atomic mass is 9.99. The number of piperazine rings is 1. The molecule has 176 valence electrons. The summed E-state index contributed by atoms with van der Waals surface area (Å²) in [5, 5.41) is 13.8. The highest BCUT2D eigenvalue weighted by molar-refractivity contribution is 7.09. The van der Waals surface area contributed by atoms with Gasteiger partial charge in [0.15, 0.2) is 0 Å². The van der Waals surface area contributed by atoms with Crippen molar-refractivity contribution in [2.24, 2.45) is 0 Å².